The zero-order valence-electron chi connectivity index (χ0n) is 48.0. The van der Waals surface area contributed by atoms with Crippen LogP contribution in [-0.4, -0.2) is 70.0 Å². The van der Waals surface area contributed by atoms with Gasteiger partial charge >= 0.3 is 11.9 Å². The number of ether oxygens (including phenoxy) is 2. The normalized spacial score (nSPS) is 14.1. The lowest BCUT2D eigenvalue weighted by molar-refractivity contribution is -0.870. The van der Waals surface area contributed by atoms with Crippen molar-refractivity contribution in [3.63, 3.8) is 0 Å². The number of allylic oxidation sites excluding steroid dienone is 18. The first-order chi connectivity index (χ1) is 36.0. The fourth-order valence-electron chi connectivity index (χ4n) is 7.72. The number of quaternary nitrogens is 1. The number of hydrogen-bond donors (Lipinski definition) is 0. The van der Waals surface area contributed by atoms with Gasteiger partial charge in [-0.05, 0) is 103 Å². The summed E-state index contributed by atoms with van der Waals surface area (Å²) in [5.41, 5.74) is 0. The van der Waals surface area contributed by atoms with Crippen LogP contribution in [0.2, 0.25) is 0 Å². The van der Waals surface area contributed by atoms with Gasteiger partial charge in [-0.25, -0.2) is 0 Å². The number of esters is 2. The molecule has 0 bridgehead atoms. The van der Waals surface area contributed by atoms with Crippen LogP contribution in [0.5, 0.6) is 0 Å². The molecule has 2 unspecified atom stereocenters. The van der Waals surface area contributed by atoms with Crippen LogP contribution in [-0.2, 0) is 32.7 Å². The smallest absolute Gasteiger partial charge is 0.306 e. The monoisotopic (exact) mass is 1050 g/mol. The topological polar surface area (TPSA) is 111 Å². The van der Waals surface area contributed by atoms with Gasteiger partial charge in [0, 0.05) is 12.8 Å². The Morgan fingerprint density at radius 1 is 0.432 bits per heavy atom. The fourth-order valence-corrected chi connectivity index (χ4v) is 8.45. The van der Waals surface area contributed by atoms with E-state index in [1.165, 1.54) is 89.9 Å². The molecule has 0 spiro atoms. The van der Waals surface area contributed by atoms with Crippen LogP contribution in [0, 0.1) is 0 Å². The molecule has 0 rings (SSSR count). The Kier molecular flexibility index (Phi) is 52.0. The van der Waals surface area contributed by atoms with Crippen LogP contribution in [0.4, 0.5) is 0 Å². The van der Waals surface area contributed by atoms with Crippen molar-refractivity contribution < 1.29 is 42.1 Å². The maximum Gasteiger partial charge on any atom is 0.306 e. The molecule has 0 radical (unpaired) electrons. The summed E-state index contributed by atoms with van der Waals surface area (Å²) in [7, 11) is 1.15. The van der Waals surface area contributed by atoms with Crippen LogP contribution in [0.3, 0.4) is 0 Å². The van der Waals surface area contributed by atoms with Crippen LogP contribution in [0.25, 0.3) is 0 Å². The van der Waals surface area contributed by atoms with Crippen molar-refractivity contribution in [3.05, 3.63) is 109 Å². The maximum atomic E-state index is 12.8. The van der Waals surface area contributed by atoms with Crippen LogP contribution in [0.15, 0.2) is 109 Å². The van der Waals surface area contributed by atoms with E-state index in [0.29, 0.717) is 23.9 Å². The minimum absolute atomic E-state index is 0.0376. The molecule has 2 atom stereocenters. The van der Waals surface area contributed by atoms with Gasteiger partial charge in [-0.3, -0.25) is 14.2 Å². The van der Waals surface area contributed by atoms with E-state index >= 15 is 0 Å². The van der Waals surface area contributed by atoms with E-state index in [1.54, 1.807) is 0 Å². The lowest BCUT2D eigenvalue weighted by Crippen LogP contribution is -2.37. The summed E-state index contributed by atoms with van der Waals surface area (Å²) >= 11 is 0. The van der Waals surface area contributed by atoms with E-state index in [1.807, 2.05) is 21.1 Å². The quantitative estimate of drug-likeness (QED) is 0.0195. The molecule has 0 aliphatic heterocycles. The molecule has 424 valence electrons. The molecule has 0 aromatic rings. The summed E-state index contributed by atoms with van der Waals surface area (Å²) in [5, 5.41) is 0. The van der Waals surface area contributed by atoms with E-state index in [2.05, 4.69) is 123 Å². The minimum atomic E-state index is -4.64. The van der Waals surface area contributed by atoms with Crippen LogP contribution >= 0.6 is 7.82 Å². The molecule has 0 fully saturated rings. The Morgan fingerprint density at radius 2 is 0.770 bits per heavy atom. The third-order valence-corrected chi connectivity index (χ3v) is 13.2. The number of likely N-dealkylation sites (N-methyl/N-ethyl adjacent to an activating group) is 1. The van der Waals surface area contributed by atoms with E-state index < -0.39 is 32.5 Å². The molecule has 0 saturated carbocycles. The predicted octanol–water partition coefficient (Wildman–Crippen LogP) is 18.0. The first-order valence-corrected chi connectivity index (χ1v) is 31.1. The molecule has 74 heavy (non-hydrogen) atoms. The first kappa shape index (κ1) is 70.7. The standard InChI is InChI=1S/C64H110NO8P/c1-6-8-10-12-14-16-18-20-22-23-24-25-26-27-28-29-30-31-32-33-34-35-36-37-38-39-40-41-43-45-47-49-51-53-55-57-64(67)73-62(61-72-74(68,69)71-59-58-65(3,4)5)60-70-63(66)56-54-52-50-48-46-44-42-21-19-17-15-13-11-9-7-2/h8,10,14-17,20-22,24-25,27-28,30-31,33-34,42,62H,6-7,9,11-13,18-19,23,26,29,32,35-41,43-61H2,1-5H3/b10-8-,16-14-,17-15-,22-20-,25-24-,28-27-,31-30-,34-33-,42-21-. The van der Waals surface area contributed by atoms with E-state index in [9.17, 15) is 19.0 Å². The molecule has 0 N–H and O–H groups in total. The van der Waals surface area contributed by atoms with Gasteiger partial charge in [0.15, 0.2) is 6.10 Å². The van der Waals surface area contributed by atoms with Gasteiger partial charge in [-0.1, -0.05) is 226 Å². The number of rotatable bonds is 53. The van der Waals surface area contributed by atoms with Crippen LogP contribution in [0.1, 0.15) is 232 Å². The van der Waals surface area contributed by atoms with Crippen molar-refractivity contribution in [2.75, 3.05) is 47.5 Å². The molecule has 0 aliphatic rings. The molecule has 0 saturated heterocycles. The zero-order valence-corrected chi connectivity index (χ0v) is 48.9. The molecule has 10 heteroatoms. The predicted molar refractivity (Wildman–Crippen MR) is 314 cm³/mol. The lowest BCUT2D eigenvalue weighted by Gasteiger charge is -2.28. The highest BCUT2D eigenvalue weighted by atomic mass is 31.2. The number of unbranched alkanes of at least 4 members (excludes halogenated alkanes) is 21. The Bertz CT molecular complexity index is 1620. The van der Waals surface area contributed by atoms with Gasteiger partial charge < -0.3 is 27.9 Å². The molecule has 9 nitrogen and oxygen atoms in total. The van der Waals surface area contributed by atoms with E-state index in [-0.39, 0.29) is 26.1 Å². The van der Waals surface area contributed by atoms with Crippen molar-refractivity contribution in [1.29, 1.82) is 0 Å². The van der Waals surface area contributed by atoms with Crippen molar-refractivity contribution in [2.24, 2.45) is 0 Å². The molecular weight excluding hydrogens is 942 g/mol. The third-order valence-electron chi connectivity index (χ3n) is 12.3. The van der Waals surface area contributed by atoms with Gasteiger partial charge in [0.2, 0.25) is 0 Å². The summed E-state index contributed by atoms with van der Waals surface area (Å²) in [5.74, 6) is -0.854. The Morgan fingerprint density at radius 3 is 1.15 bits per heavy atom. The minimum Gasteiger partial charge on any atom is -0.756 e. The average molecular weight is 1050 g/mol. The highest BCUT2D eigenvalue weighted by Gasteiger charge is 2.21. The number of phosphoric ester groups is 1. The van der Waals surface area contributed by atoms with Gasteiger partial charge in [0.05, 0.1) is 27.7 Å². The SMILES string of the molecule is CC/C=C\C/C=C\C/C=C\C/C=C\C/C=C\C/C=C\C/C=C\CCCCCCCCCCCCCCCC(=O)OC(COC(=O)CCCCCCC/C=C\C/C=C\CCCCC)COP(=O)([O-])OCC[N+](C)(C)C. The lowest BCUT2D eigenvalue weighted by atomic mass is 10.0. The molecule has 0 amide bonds. The number of hydrogen-bond acceptors (Lipinski definition) is 8. The van der Waals surface area contributed by atoms with Gasteiger partial charge in [-0.2, -0.15) is 0 Å². The largest absolute Gasteiger partial charge is 0.756 e. The van der Waals surface area contributed by atoms with Crippen molar-refractivity contribution >= 4 is 19.8 Å². The molecular formula is C64H110NO8P. The second-order valence-electron chi connectivity index (χ2n) is 20.6. The summed E-state index contributed by atoms with van der Waals surface area (Å²) in [6.07, 6.45) is 75.7. The number of phosphoric acid groups is 1. The van der Waals surface area contributed by atoms with E-state index in [4.69, 9.17) is 18.5 Å². The molecule has 0 heterocycles. The molecule has 0 aromatic heterocycles. The highest BCUT2D eigenvalue weighted by molar-refractivity contribution is 7.45. The van der Waals surface area contributed by atoms with Gasteiger partial charge in [-0.15, -0.1) is 0 Å². The Hall–Kier alpha value is -3.33. The zero-order chi connectivity index (χ0) is 54.2. The van der Waals surface area contributed by atoms with Gasteiger partial charge in [0.1, 0.15) is 19.8 Å². The number of carbonyl (C=O) groups is 2. The summed E-state index contributed by atoms with van der Waals surface area (Å²) in [6, 6.07) is 0. The summed E-state index contributed by atoms with van der Waals surface area (Å²) < 4.78 is 34.1. The Balaban J connectivity index is 4.10. The third kappa shape index (κ3) is 57.9. The number of nitrogens with zero attached hydrogens (tertiary/aromatic N) is 1. The van der Waals surface area contributed by atoms with Crippen molar-refractivity contribution in [2.45, 2.75) is 238 Å². The molecule has 0 aliphatic carbocycles. The molecule has 0 aromatic carbocycles. The second kappa shape index (κ2) is 54.5. The van der Waals surface area contributed by atoms with Gasteiger partial charge in [0.25, 0.3) is 7.82 Å². The first-order valence-electron chi connectivity index (χ1n) is 29.6. The highest BCUT2D eigenvalue weighted by Crippen LogP contribution is 2.38. The Labute approximate surface area is 455 Å². The second-order valence-corrected chi connectivity index (χ2v) is 22.0. The van der Waals surface area contributed by atoms with Crippen molar-refractivity contribution in [3.8, 4) is 0 Å². The number of carbonyl (C=O) groups excluding carboxylic acids is 2. The van der Waals surface area contributed by atoms with Crippen molar-refractivity contribution in [1.82, 2.24) is 0 Å². The summed E-state index contributed by atoms with van der Waals surface area (Å²) in [4.78, 5) is 37.8. The average Bonchev–Trinajstić information content (AvgIpc) is 3.36. The van der Waals surface area contributed by atoms with Crippen LogP contribution < -0.4 is 4.89 Å². The fraction of sp³-hybridized carbons (Fsp3) is 0.688. The maximum absolute atomic E-state index is 12.8. The van der Waals surface area contributed by atoms with E-state index in [0.717, 1.165) is 103 Å². The summed E-state index contributed by atoms with van der Waals surface area (Å²) in [6.45, 7) is 4.07.